The summed E-state index contributed by atoms with van der Waals surface area (Å²) in [5.41, 5.74) is 3.05. The largest absolute Gasteiger partial charge is 0.495 e. The first-order valence-corrected chi connectivity index (χ1v) is 12.1. The van der Waals surface area contributed by atoms with E-state index in [9.17, 15) is 4.79 Å². The summed E-state index contributed by atoms with van der Waals surface area (Å²) in [4.78, 5) is 16.8. The molecule has 1 atom stereocenters. The van der Waals surface area contributed by atoms with Gasteiger partial charge in [0, 0.05) is 42.0 Å². The molecule has 2 amide bonds. The fourth-order valence-electron chi connectivity index (χ4n) is 4.22. The summed E-state index contributed by atoms with van der Waals surface area (Å²) in [6.07, 6.45) is 5.85. The van der Waals surface area contributed by atoms with Gasteiger partial charge in [-0.15, -0.1) is 11.3 Å². The number of fused-ring (bicyclic) bond motifs is 1. The first-order valence-electron chi connectivity index (χ1n) is 10.9. The average Bonchev–Trinajstić information content (AvgIpc) is 3.45. The highest BCUT2D eigenvalue weighted by atomic mass is 35.5. The van der Waals surface area contributed by atoms with E-state index >= 15 is 0 Å². The molecule has 0 unspecified atom stereocenters. The van der Waals surface area contributed by atoms with Crippen LogP contribution in [0.5, 0.6) is 11.5 Å². The molecule has 4 rings (SSSR count). The SMILES string of the molecule is CC[C@H](NC(=O)Nc1cc(Cl)c(OC)cc1OC)c1c(-n2cccc2)sc2c1CCN(C)C2. The maximum Gasteiger partial charge on any atom is 0.319 e. The predicted octanol–water partition coefficient (Wildman–Crippen LogP) is 5.47. The number of aromatic nitrogens is 1. The summed E-state index contributed by atoms with van der Waals surface area (Å²) in [6.45, 7) is 4.03. The molecule has 1 aliphatic heterocycles. The minimum Gasteiger partial charge on any atom is -0.495 e. The number of rotatable bonds is 7. The first kappa shape index (κ1) is 23.5. The molecule has 3 aromatic rings. The molecule has 3 heterocycles. The van der Waals surface area contributed by atoms with Crippen molar-refractivity contribution in [1.29, 1.82) is 0 Å². The Kier molecular flexibility index (Phi) is 7.17. The Balaban J connectivity index is 1.63. The number of hydrogen-bond donors (Lipinski definition) is 2. The average molecular weight is 489 g/mol. The van der Waals surface area contributed by atoms with Crippen LogP contribution in [0.15, 0.2) is 36.7 Å². The normalized spacial score (nSPS) is 14.5. The van der Waals surface area contributed by atoms with Gasteiger partial charge in [0.2, 0.25) is 0 Å². The third-order valence-electron chi connectivity index (χ3n) is 5.89. The summed E-state index contributed by atoms with van der Waals surface area (Å²) in [5, 5.41) is 7.63. The number of benzene rings is 1. The molecular weight excluding hydrogens is 460 g/mol. The number of urea groups is 1. The van der Waals surface area contributed by atoms with Crippen LogP contribution in [0.4, 0.5) is 10.5 Å². The van der Waals surface area contributed by atoms with Crippen LogP contribution in [-0.4, -0.2) is 43.3 Å². The number of carbonyl (C=O) groups is 1. The Morgan fingerprint density at radius 3 is 2.61 bits per heavy atom. The number of amides is 2. The summed E-state index contributed by atoms with van der Waals surface area (Å²) < 4.78 is 12.8. The van der Waals surface area contributed by atoms with Crippen molar-refractivity contribution in [3.63, 3.8) is 0 Å². The van der Waals surface area contributed by atoms with Crippen molar-refractivity contribution in [2.24, 2.45) is 0 Å². The smallest absolute Gasteiger partial charge is 0.319 e. The van der Waals surface area contributed by atoms with Gasteiger partial charge in [0.05, 0.1) is 31.0 Å². The van der Waals surface area contributed by atoms with Crippen molar-refractivity contribution in [2.45, 2.75) is 32.4 Å². The third-order valence-corrected chi connectivity index (χ3v) is 7.43. The van der Waals surface area contributed by atoms with Crippen LogP contribution in [0, 0.1) is 0 Å². The molecule has 0 spiro atoms. The van der Waals surface area contributed by atoms with Gasteiger partial charge in [0.25, 0.3) is 0 Å². The maximum atomic E-state index is 13.1. The topological polar surface area (TPSA) is 67.8 Å². The highest BCUT2D eigenvalue weighted by molar-refractivity contribution is 7.15. The molecule has 1 aliphatic rings. The standard InChI is InChI=1S/C24H29ClN4O3S/c1-5-17(26-24(30)27-18-12-16(25)19(31-3)13-20(18)32-4)22-15-8-11-28(2)14-21(15)33-23(22)29-9-6-7-10-29/h6-7,9-10,12-13,17H,5,8,11,14H2,1-4H3,(H2,26,27,30)/t17-/m0/s1. The summed E-state index contributed by atoms with van der Waals surface area (Å²) in [5.74, 6) is 0.959. The molecule has 0 radical (unpaired) electrons. The first-order chi connectivity index (χ1) is 15.9. The molecule has 2 N–H and O–H groups in total. The summed E-state index contributed by atoms with van der Waals surface area (Å²) in [7, 11) is 5.22. The quantitative estimate of drug-likeness (QED) is 0.462. The van der Waals surface area contributed by atoms with Gasteiger partial charge in [0.15, 0.2) is 0 Å². The van der Waals surface area contributed by atoms with E-state index in [1.165, 1.54) is 23.1 Å². The van der Waals surface area contributed by atoms with Gasteiger partial charge in [-0.2, -0.15) is 0 Å². The Labute approximate surface area is 203 Å². The highest BCUT2D eigenvalue weighted by Crippen LogP contribution is 2.40. The zero-order valence-electron chi connectivity index (χ0n) is 19.3. The second kappa shape index (κ2) is 10.1. The van der Waals surface area contributed by atoms with Crippen molar-refractivity contribution in [3.8, 4) is 16.5 Å². The number of carbonyl (C=O) groups excluding carboxylic acids is 1. The van der Waals surface area contributed by atoms with Crippen molar-refractivity contribution in [2.75, 3.05) is 33.1 Å². The molecule has 0 fully saturated rings. The molecule has 0 saturated heterocycles. The number of nitrogens with one attached hydrogen (secondary N) is 2. The number of anilines is 1. The van der Waals surface area contributed by atoms with Crippen LogP contribution < -0.4 is 20.1 Å². The van der Waals surface area contributed by atoms with Crippen LogP contribution in [0.1, 0.15) is 35.4 Å². The minimum atomic E-state index is -0.312. The second-order valence-corrected chi connectivity index (χ2v) is 9.54. The molecule has 7 nitrogen and oxygen atoms in total. The molecular formula is C24H29ClN4O3S. The van der Waals surface area contributed by atoms with Crippen LogP contribution in [0.2, 0.25) is 5.02 Å². The molecule has 9 heteroatoms. The molecule has 33 heavy (non-hydrogen) atoms. The van der Waals surface area contributed by atoms with Gasteiger partial charge < -0.3 is 29.6 Å². The fraction of sp³-hybridized carbons (Fsp3) is 0.375. The number of likely N-dealkylation sites (N-methyl/N-ethyl adjacent to an activating group) is 1. The second-order valence-electron chi connectivity index (χ2n) is 8.05. The fourth-order valence-corrected chi connectivity index (χ4v) is 5.91. The van der Waals surface area contributed by atoms with Crippen molar-refractivity contribution in [3.05, 3.63) is 57.7 Å². The Hall–Kier alpha value is -2.68. The minimum absolute atomic E-state index is 0.134. The van der Waals surface area contributed by atoms with Gasteiger partial charge in [-0.1, -0.05) is 18.5 Å². The van der Waals surface area contributed by atoms with E-state index in [0.29, 0.717) is 22.2 Å². The van der Waals surface area contributed by atoms with Crippen LogP contribution in [0.25, 0.3) is 5.00 Å². The van der Waals surface area contributed by atoms with Gasteiger partial charge in [-0.05, 0) is 43.7 Å². The van der Waals surface area contributed by atoms with Crippen molar-refractivity contribution >= 4 is 34.7 Å². The van der Waals surface area contributed by atoms with E-state index in [2.05, 4.69) is 46.5 Å². The predicted molar refractivity (Wildman–Crippen MR) is 133 cm³/mol. The number of nitrogens with zero attached hydrogens (tertiary/aromatic N) is 2. The molecule has 1 aromatic carbocycles. The van der Waals surface area contributed by atoms with Gasteiger partial charge >= 0.3 is 6.03 Å². The van der Waals surface area contributed by atoms with E-state index in [-0.39, 0.29) is 12.1 Å². The Morgan fingerprint density at radius 2 is 1.94 bits per heavy atom. The van der Waals surface area contributed by atoms with E-state index < -0.39 is 0 Å². The van der Waals surface area contributed by atoms with E-state index in [1.807, 2.05) is 23.5 Å². The lowest BCUT2D eigenvalue weighted by Gasteiger charge is -2.25. The van der Waals surface area contributed by atoms with Gasteiger partial charge in [0.1, 0.15) is 16.5 Å². The molecule has 0 saturated carbocycles. The third kappa shape index (κ3) is 4.83. The van der Waals surface area contributed by atoms with E-state index in [1.54, 1.807) is 19.2 Å². The van der Waals surface area contributed by atoms with Crippen molar-refractivity contribution in [1.82, 2.24) is 14.8 Å². The highest BCUT2D eigenvalue weighted by Gasteiger charge is 2.29. The summed E-state index contributed by atoms with van der Waals surface area (Å²) >= 11 is 8.08. The molecule has 0 aliphatic carbocycles. The van der Waals surface area contributed by atoms with Crippen LogP contribution >= 0.6 is 22.9 Å². The zero-order valence-corrected chi connectivity index (χ0v) is 20.8. The molecule has 176 valence electrons. The van der Waals surface area contributed by atoms with Crippen LogP contribution in [0.3, 0.4) is 0 Å². The van der Waals surface area contributed by atoms with E-state index in [0.717, 1.165) is 30.9 Å². The lowest BCUT2D eigenvalue weighted by atomic mass is 9.96. The Morgan fingerprint density at radius 1 is 1.21 bits per heavy atom. The number of halogens is 1. The number of methoxy groups -OCH3 is 2. The van der Waals surface area contributed by atoms with Crippen molar-refractivity contribution < 1.29 is 14.3 Å². The van der Waals surface area contributed by atoms with Gasteiger partial charge in [-0.3, -0.25) is 0 Å². The van der Waals surface area contributed by atoms with Gasteiger partial charge in [-0.25, -0.2) is 4.79 Å². The number of ether oxygens (including phenoxy) is 2. The summed E-state index contributed by atoms with van der Waals surface area (Å²) in [6, 6.07) is 6.89. The van der Waals surface area contributed by atoms with E-state index in [4.69, 9.17) is 21.1 Å². The lowest BCUT2D eigenvalue weighted by Crippen LogP contribution is -2.34. The number of hydrogen-bond acceptors (Lipinski definition) is 5. The van der Waals surface area contributed by atoms with Crippen LogP contribution in [-0.2, 0) is 13.0 Å². The zero-order chi connectivity index (χ0) is 23.5. The molecule has 2 aromatic heterocycles. The molecule has 0 bridgehead atoms. The maximum absolute atomic E-state index is 13.1. The lowest BCUT2D eigenvalue weighted by molar-refractivity contribution is 0.248. The monoisotopic (exact) mass is 488 g/mol. The number of thiophene rings is 1. The Bertz CT molecular complexity index is 1130.